The molecule has 2 aromatic heterocycles. The first-order valence-corrected chi connectivity index (χ1v) is 10.0. The van der Waals surface area contributed by atoms with E-state index in [1.54, 1.807) is 18.0 Å². The van der Waals surface area contributed by atoms with Crippen molar-refractivity contribution >= 4 is 29.2 Å². The summed E-state index contributed by atoms with van der Waals surface area (Å²) in [6.07, 6.45) is 6.10. The fraction of sp³-hybridized carbons (Fsp3) is 0.278. The van der Waals surface area contributed by atoms with Crippen molar-refractivity contribution in [1.82, 2.24) is 14.4 Å². The van der Waals surface area contributed by atoms with Crippen LogP contribution < -0.4 is 0 Å². The summed E-state index contributed by atoms with van der Waals surface area (Å²) in [5, 5.41) is 11.3. The maximum Gasteiger partial charge on any atom is 0.172 e. The molecular formula is C18H18N4S2. The van der Waals surface area contributed by atoms with Crippen LogP contribution in [0.5, 0.6) is 0 Å². The number of fused-ring (bicyclic) bond motifs is 1. The number of thioether (sulfide) groups is 2. The maximum atomic E-state index is 9.56. The molecule has 0 aliphatic carbocycles. The van der Waals surface area contributed by atoms with Crippen LogP contribution in [0.15, 0.2) is 47.8 Å². The van der Waals surface area contributed by atoms with Gasteiger partial charge in [-0.05, 0) is 12.2 Å². The fourth-order valence-corrected chi connectivity index (χ4v) is 4.63. The number of nitriles is 1. The standard InChI is InChI=1S/C18H18N4S2/c1-2-3-11-23-13-24-18-15(12-19)21-16(14-7-5-4-6-8-14)17-20-9-10-22(17)18/h4-10H,2-3,11,13H2,1H3. The fourth-order valence-electron chi connectivity index (χ4n) is 2.37. The van der Waals surface area contributed by atoms with Gasteiger partial charge in [0.15, 0.2) is 11.3 Å². The Bertz CT molecular complexity index is 853. The van der Waals surface area contributed by atoms with Gasteiger partial charge < -0.3 is 0 Å². The number of hydrogen-bond acceptors (Lipinski definition) is 5. The molecule has 0 N–H and O–H groups in total. The molecule has 0 spiro atoms. The van der Waals surface area contributed by atoms with E-state index >= 15 is 0 Å². The lowest BCUT2D eigenvalue weighted by Gasteiger charge is -2.10. The van der Waals surface area contributed by atoms with E-state index in [1.165, 1.54) is 12.8 Å². The predicted octanol–water partition coefficient (Wildman–Crippen LogP) is 4.85. The van der Waals surface area contributed by atoms with Crippen molar-refractivity contribution in [1.29, 1.82) is 5.26 Å². The van der Waals surface area contributed by atoms with Crippen LogP contribution in [-0.2, 0) is 0 Å². The van der Waals surface area contributed by atoms with E-state index in [9.17, 15) is 5.26 Å². The Labute approximate surface area is 150 Å². The van der Waals surface area contributed by atoms with Gasteiger partial charge in [0, 0.05) is 23.0 Å². The number of benzene rings is 1. The van der Waals surface area contributed by atoms with E-state index in [0.29, 0.717) is 5.69 Å². The SMILES string of the molecule is CCCCSCSc1c(C#N)nc(-c2ccccc2)c2nccn12. The van der Waals surface area contributed by atoms with Crippen molar-refractivity contribution in [3.8, 4) is 17.3 Å². The summed E-state index contributed by atoms with van der Waals surface area (Å²) in [7, 11) is 0. The number of hydrogen-bond donors (Lipinski definition) is 0. The summed E-state index contributed by atoms with van der Waals surface area (Å²) in [5.74, 6) is 1.15. The molecule has 24 heavy (non-hydrogen) atoms. The molecule has 0 saturated carbocycles. The van der Waals surface area contributed by atoms with Gasteiger partial charge in [-0.1, -0.05) is 55.4 Å². The van der Waals surface area contributed by atoms with Crippen LogP contribution in [0.1, 0.15) is 25.5 Å². The van der Waals surface area contributed by atoms with Gasteiger partial charge in [0.1, 0.15) is 16.8 Å². The molecule has 0 aliphatic rings. The molecule has 1 aromatic carbocycles. The highest BCUT2D eigenvalue weighted by atomic mass is 32.2. The van der Waals surface area contributed by atoms with Crippen LogP contribution in [0.2, 0.25) is 0 Å². The average Bonchev–Trinajstić information content (AvgIpc) is 3.11. The van der Waals surface area contributed by atoms with Crippen molar-refractivity contribution < 1.29 is 0 Å². The number of imidazole rings is 1. The van der Waals surface area contributed by atoms with Crippen molar-refractivity contribution in [3.05, 3.63) is 48.4 Å². The molecule has 3 rings (SSSR count). The zero-order valence-electron chi connectivity index (χ0n) is 13.5. The highest BCUT2D eigenvalue weighted by Gasteiger charge is 2.16. The molecule has 4 nitrogen and oxygen atoms in total. The molecule has 3 aromatic rings. The molecule has 0 aliphatic heterocycles. The third-order valence-corrected chi connectivity index (χ3v) is 5.95. The van der Waals surface area contributed by atoms with Gasteiger partial charge in [-0.25, -0.2) is 9.97 Å². The molecule has 0 bridgehead atoms. The zero-order valence-corrected chi connectivity index (χ0v) is 15.1. The summed E-state index contributed by atoms with van der Waals surface area (Å²) in [6.45, 7) is 2.20. The Morgan fingerprint density at radius 3 is 2.83 bits per heavy atom. The van der Waals surface area contributed by atoms with Gasteiger partial charge in [0.25, 0.3) is 0 Å². The van der Waals surface area contributed by atoms with E-state index in [0.717, 1.165) is 32.8 Å². The summed E-state index contributed by atoms with van der Waals surface area (Å²) in [4.78, 5) is 9.06. The molecule has 0 saturated heterocycles. The quantitative estimate of drug-likeness (QED) is 0.345. The van der Waals surface area contributed by atoms with Gasteiger partial charge in [-0.2, -0.15) is 17.0 Å². The predicted molar refractivity (Wildman–Crippen MR) is 101 cm³/mol. The average molecular weight is 355 g/mol. The second-order valence-electron chi connectivity index (χ2n) is 5.24. The summed E-state index contributed by atoms with van der Waals surface area (Å²) >= 11 is 3.56. The molecule has 0 atom stereocenters. The van der Waals surface area contributed by atoms with E-state index < -0.39 is 0 Å². The van der Waals surface area contributed by atoms with Crippen LogP contribution in [-0.4, -0.2) is 25.2 Å². The zero-order chi connectivity index (χ0) is 16.8. The minimum atomic E-state index is 0.459. The molecule has 122 valence electrons. The highest BCUT2D eigenvalue weighted by molar-refractivity contribution is 8.16. The largest absolute Gasteiger partial charge is 0.290 e. The minimum Gasteiger partial charge on any atom is -0.290 e. The van der Waals surface area contributed by atoms with Crippen molar-refractivity contribution in [2.75, 3.05) is 10.8 Å². The third-order valence-electron chi connectivity index (χ3n) is 3.57. The minimum absolute atomic E-state index is 0.459. The smallest absolute Gasteiger partial charge is 0.172 e. The molecule has 2 heterocycles. The molecule has 0 amide bonds. The lowest BCUT2D eigenvalue weighted by Crippen LogP contribution is -2.01. The molecule has 6 heteroatoms. The third kappa shape index (κ3) is 3.58. The topological polar surface area (TPSA) is 54.0 Å². The first kappa shape index (κ1) is 16.9. The second kappa shape index (κ2) is 8.22. The summed E-state index contributed by atoms with van der Waals surface area (Å²) in [6, 6.07) is 12.1. The summed E-state index contributed by atoms with van der Waals surface area (Å²) in [5.41, 5.74) is 2.97. The highest BCUT2D eigenvalue weighted by Crippen LogP contribution is 2.30. The van der Waals surface area contributed by atoms with E-state index in [4.69, 9.17) is 0 Å². The maximum absolute atomic E-state index is 9.56. The lowest BCUT2D eigenvalue weighted by atomic mass is 10.1. The number of rotatable bonds is 7. The van der Waals surface area contributed by atoms with Crippen LogP contribution in [0.3, 0.4) is 0 Å². The van der Waals surface area contributed by atoms with Gasteiger partial charge >= 0.3 is 0 Å². The van der Waals surface area contributed by atoms with E-state index in [-0.39, 0.29) is 0 Å². The number of unbranched alkanes of at least 4 members (excludes halogenated alkanes) is 1. The van der Waals surface area contributed by atoms with Crippen LogP contribution in [0.25, 0.3) is 16.9 Å². The van der Waals surface area contributed by atoms with Gasteiger partial charge in [0.05, 0.1) is 0 Å². The van der Waals surface area contributed by atoms with Gasteiger partial charge in [-0.15, -0.1) is 0 Å². The van der Waals surface area contributed by atoms with Gasteiger partial charge in [-0.3, -0.25) is 4.40 Å². The first-order valence-electron chi connectivity index (χ1n) is 7.88. The normalized spacial score (nSPS) is 10.8. The van der Waals surface area contributed by atoms with Crippen molar-refractivity contribution in [2.24, 2.45) is 0 Å². The van der Waals surface area contributed by atoms with E-state index in [2.05, 4.69) is 23.0 Å². The van der Waals surface area contributed by atoms with Crippen molar-refractivity contribution in [3.63, 3.8) is 0 Å². The Morgan fingerprint density at radius 1 is 1.25 bits per heavy atom. The Balaban J connectivity index is 1.96. The molecule has 0 radical (unpaired) electrons. The Morgan fingerprint density at radius 2 is 2.08 bits per heavy atom. The molecule has 0 fully saturated rings. The molecule has 0 unspecified atom stereocenters. The van der Waals surface area contributed by atoms with Crippen LogP contribution in [0.4, 0.5) is 0 Å². The monoisotopic (exact) mass is 354 g/mol. The van der Waals surface area contributed by atoms with Crippen LogP contribution >= 0.6 is 23.5 Å². The van der Waals surface area contributed by atoms with Gasteiger partial charge in [0.2, 0.25) is 0 Å². The van der Waals surface area contributed by atoms with Crippen molar-refractivity contribution in [2.45, 2.75) is 24.8 Å². The second-order valence-corrected chi connectivity index (χ2v) is 7.67. The summed E-state index contributed by atoms with van der Waals surface area (Å²) < 4.78 is 1.99. The first-order chi connectivity index (χ1) is 11.8. The number of aromatic nitrogens is 3. The van der Waals surface area contributed by atoms with E-state index in [1.807, 2.05) is 52.7 Å². The van der Waals surface area contributed by atoms with Crippen LogP contribution in [0, 0.1) is 11.3 Å². The molecular weight excluding hydrogens is 336 g/mol. The Hall–Kier alpha value is -1.97. The lowest BCUT2D eigenvalue weighted by molar-refractivity contribution is 0.897. The Kier molecular flexibility index (Phi) is 5.78. The number of nitrogens with zero attached hydrogens (tertiary/aromatic N) is 4.